The smallest absolute Gasteiger partial charge is 0.0300 e. The van der Waals surface area contributed by atoms with Gasteiger partial charge in [-0.25, -0.2) is 0 Å². The van der Waals surface area contributed by atoms with E-state index >= 15 is 0 Å². The zero-order chi connectivity index (χ0) is 14.4. The highest BCUT2D eigenvalue weighted by atomic mass is 32.1. The van der Waals surface area contributed by atoms with Gasteiger partial charge in [0.25, 0.3) is 0 Å². The molecule has 1 aromatic heterocycles. The fraction of sp³-hybridized carbons (Fsp3) is 0.750. The van der Waals surface area contributed by atoms with E-state index in [0.717, 1.165) is 19.1 Å². The first kappa shape index (κ1) is 16.0. The molecule has 2 unspecified atom stereocenters. The number of likely N-dealkylation sites (tertiary alicyclic amines) is 1. The van der Waals surface area contributed by atoms with E-state index in [0.29, 0.717) is 6.04 Å². The van der Waals surface area contributed by atoms with E-state index in [-0.39, 0.29) is 0 Å². The van der Waals surface area contributed by atoms with E-state index in [1.807, 2.05) is 11.3 Å². The number of hydrogen-bond acceptors (Lipinski definition) is 4. The summed E-state index contributed by atoms with van der Waals surface area (Å²) >= 11 is 1.83. The third kappa shape index (κ3) is 4.55. The van der Waals surface area contributed by atoms with E-state index in [1.54, 1.807) is 0 Å². The van der Waals surface area contributed by atoms with Crippen LogP contribution in [0.15, 0.2) is 17.5 Å². The standard InChI is InChI=1S/C16H29N3S/c1-4-19-9-5-7-15(19)13-18(3)14(2)11-17-12-16-8-6-10-20-16/h6,8,10,14-15,17H,4-5,7,9,11-13H2,1-3H3. The Balaban J connectivity index is 1.67. The van der Waals surface area contributed by atoms with Gasteiger partial charge in [0.1, 0.15) is 0 Å². The minimum absolute atomic E-state index is 0.592. The van der Waals surface area contributed by atoms with Gasteiger partial charge in [0.15, 0.2) is 0 Å². The zero-order valence-electron chi connectivity index (χ0n) is 13.1. The predicted octanol–water partition coefficient (Wildman–Crippen LogP) is 2.64. The summed E-state index contributed by atoms with van der Waals surface area (Å²) in [6.07, 6.45) is 2.74. The van der Waals surface area contributed by atoms with Crippen molar-refractivity contribution in [2.75, 3.05) is 33.2 Å². The second kappa shape index (κ2) is 8.13. The lowest BCUT2D eigenvalue weighted by atomic mass is 10.2. The van der Waals surface area contributed by atoms with E-state index in [2.05, 4.69) is 53.5 Å². The molecule has 2 atom stereocenters. The number of nitrogens with one attached hydrogen (secondary N) is 1. The molecule has 114 valence electrons. The van der Waals surface area contributed by atoms with Crippen molar-refractivity contribution in [3.8, 4) is 0 Å². The highest BCUT2D eigenvalue weighted by Gasteiger charge is 2.25. The molecule has 0 aromatic carbocycles. The predicted molar refractivity (Wildman–Crippen MR) is 88.4 cm³/mol. The summed E-state index contributed by atoms with van der Waals surface area (Å²) in [6, 6.07) is 5.68. The molecule has 20 heavy (non-hydrogen) atoms. The van der Waals surface area contributed by atoms with Crippen LogP contribution in [0.5, 0.6) is 0 Å². The van der Waals surface area contributed by atoms with Crippen molar-refractivity contribution in [3.05, 3.63) is 22.4 Å². The molecule has 1 N–H and O–H groups in total. The van der Waals surface area contributed by atoms with Crippen molar-refractivity contribution in [1.82, 2.24) is 15.1 Å². The second-order valence-corrected chi connectivity index (χ2v) is 6.96. The van der Waals surface area contributed by atoms with E-state index in [4.69, 9.17) is 0 Å². The summed E-state index contributed by atoms with van der Waals surface area (Å²) in [5, 5.41) is 5.72. The van der Waals surface area contributed by atoms with Crippen LogP contribution in [-0.4, -0.2) is 55.1 Å². The molecule has 2 heterocycles. The Morgan fingerprint density at radius 1 is 1.55 bits per heavy atom. The quantitative estimate of drug-likeness (QED) is 0.795. The summed E-state index contributed by atoms with van der Waals surface area (Å²) in [6.45, 7) is 10.4. The maximum absolute atomic E-state index is 3.57. The number of nitrogens with zero attached hydrogens (tertiary/aromatic N) is 2. The normalized spacial score (nSPS) is 21.7. The van der Waals surface area contributed by atoms with Crippen molar-refractivity contribution in [1.29, 1.82) is 0 Å². The summed E-state index contributed by atoms with van der Waals surface area (Å²) in [5.74, 6) is 0. The molecular weight excluding hydrogens is 266 g/mol. The van der Waals surface area contributed by atoms with Crippen molar-refractivity contribution >= 4 is 11.3 Å². The second-order valence-electron chi connectivity index (χ2n) is 5.92. The zero-order valence-corrected chi connectivity index (χ0v) is 14.0. The fourth-order valence-corrected chi connectivity index (χ4v) is 3.68. The van der Waals surface area contributed by atoms with E-state index in [1.165, 1.54) is 37.4 Å². The first-order chi connectivity index (χ1) is 9.70. The number of rotatable bonds is 8. The van der Waals surface area contributed by atoms with Gasteiger partial charge in [0, 0.05) is 36.6 Å². The van der Waals surface area contributed by atoms with Crippen LogP contribution < -0.4 is 5.32 Å². The van der Waals surface area contributed by atoms with Gasteiger partial charge >= 0.3 is 0 Å². The van der Waals surface area contributed by atoms with Crippen LogP contribution >= 0.6 is 11.3 Å². The minimum atomic E-state index is 0.592. The third-order valence-electron chi connectivity index (χ3n) is 4.48. The molecule has 1 aliphatic rings. The molecule has 3 nitrogen and oxygen atoms in total. The largest absolute Gasteiger partial charge is 0.310 e. The van der Waals surface area contributed by atoms with E-state index < -0.39 is 0 Å². The van der Waals surface area contributed by atoms with Crippen molar-refractivity contribution in [3.63, 3.8) is 0 Å². The molecular formula is C16H29N3S. The highest BCUT2D eigenvalue weighted by molar-refractivity contribution is 7.09. The number of likely N-dealkylation sites (N-methyl/N-ethyl adjacent to an activating group) is 2. The molecule has 0 spiro atoms. The molecule has 0 amide bonds. The average Bonchev–Trinajstić information content (AvgIpc) is 3.09. The molecule has 1 aliphatic heterocycles. The molecule has 0 aliphatic carbocycles. The maximum atomic E-state index is 3.57. The monoisotopic (exact) mass is 295 g/mol. The van der Waals surface area contributed by atoms with Crippen LogP contribution in [0, 0.1) is 0 Å². The van der Waals surface area contributed by atoms with Gasteiger partial charge in [-0.05, 0) is 51.3 Å². The van der Waals surface area contributed by atoms with Crippen LogP contribution in [0.1, 0.15) is 31.6 Å². The Morgan fingerprint density at radius 3 is 3.10 bits per heavy atom. The average molecular weight is 295 g/mol. The van der Waals surface area contributed by atoms with Gasteiger partial charge < -0.3 is 10.2 Å². The van der Waals surface area contributed by atoms with Gasteiger partial charge in [0.2, 0.25) is 0 Å². The highest BCUT2D eigenvalue weighted by Crippen LogP contribution is 2.17. The molecule has 2 rings (SSSR count). The Bertz CT molecular complexity index is 366. The van der Waals surface area contributed by atoms with Gasteiger partial charge in [-0.15, -0.1) is 11.3 Å². The van der Waals surface area contributed by atoms with Crippen molar-refractivity contribution in [2.24, 2.45) is 0 Å². The topological polar surface area (TPSA) is 18.5 Å². The molecule has 1 aromatic rings. The summed E-state index contributed by atoms with van der Waals surface area (Å²) in [5.41, 5.74) is 0. The van der Waals surface area contributed by atoms with E-state index in [9.17, 15) is 0 Å². The van der Waals surface area contributed by atoms with Crippen molar-refractivity contribution in [2.45, 2.75) is 45.3 Å². The van der Waals surface area contributed by atoms with Gasteiger partial charge in [-0.1, -0.05) is 13.0 Å². The molecule has 4 heteroatoms. The Kier molecular flexibility index (Phi) is 6.49. The van der Waals surface area contributed by atoms with Gasteiger partial charge in [0.05, 0.1) is 0 Å². The number of hydrogen-bond donors (Lipinski definition) is 1. The fourth-order valence-electron chi connectivity index (χ4n) is 3.00. The SMILES string of the molecule is CCN1CCCC1CN(C)C(C)CNCc1cccs1. The summed E-state index contributed by atoms with van der Waals surface area (Å²) < 4.78 is 0. The Hall–Kier alpha value is -0.420. The first-order valence-corrected chi connectivity index (χ1v) is 8.76. The van der Waals surface area contributed by atoms with Crippen molar-refractivity contribution < 1.29 is 0 Å². The lowest BCUT2D eigenvalue weighted by Gasteiger charge is -2.31. The number of thiophene rings is 1. The molecule has 0 saturated carbocycles. The van der Waals surface area contributed by atoms with Gasteiger partial charge in [-0.2, -0.15) is 0 Å². The third-order valence-corrected chi connectivity index (χ3v) is 5.35. The molecule has 1 saturated heterocycles. The van der Waals surface area contributed by atoms with Gasteiger partial charge in [-0.3, -0.25) is 4.90 Å². The maximum Gasteiger partial charge on any atom is 0.0300 e. The Labute approximate surface area is 128 Å². The minimum Gasteiger partial charge on any atom is -0.310 e. The Morgan fingerprint density at radius 2 is 2.40 bits per heavy atom. The molecule has 1 fully saturated rings. The first-order valence-electron chi connectivity index (χ1n) is 7.88. The lowest BCUT2D eigenvalue weighted by molar-refractivity contribution is 0.168. The lowest BCUT2D eigenvalue weighted by Crippen LogP contribution is -2.45. The van der Waals surface area contributed by atoms with Crippen LogP contribution in [0.3, 0.4) is 0 Å². The molecule has 0 radical (unpaired) electrons. The van der Waals surface area contributed by atoms with Crippen LogP contribution in [0.2, 0.25) is 0 Å². The molecule has 0 bridgehead atoms. The summed E-state index contributed by atoms with van der Waals surface area (Å²) in [4.78, 5) is 6.57. The van der Waals surface area contributed by atoms with Crippen LogP contribution in [0.4, 0.5) is 0 Å². The van der Waals surface area contributed by atoms with Crippen LogP contribution in [-0.2, 0) is 6.54 Å². The summed E-state index contributed by atoms with van der Waals surface area (Å²) in [7, 11) is 2.27. The van der Waals surface area contributed by atoms with Crippen LogP contribution in [0.25, 0.3) is 0 Å².